The van der Waals surface area contributed by atoms with Crippen LogP contribution in [0.5, 0.6) is 0 Å². The van der Waals surface area contributed by atoms with Crippen LogP contribution in [-0.2, 0) is 4.79 Å². The molecule has 0 rings (SSSR count). The van der Waals surface area contributed by atoms with Gasteiger partial charge < -0.3 is 10.4 Å². The van der Waals surface area contributed by atoms with E-state index in [0.717, 1.165) is 25.9 Å². The number of unbranched alkanes of at least 4 members (excludes halogenated alkanes) is 1. The van der Waals surface area contributed by atoms with Crippen LogP contribution in [0, 0.1) is 11.8 Å². The van der Waals surface area contributed by atoms with E-state index in [1.807, 2.05) is 0 Å². The van der Waals surface area contributed by atoms with Gasteiger partial charge in [-0.25, -0.2) is 0 Å². The highest BCUT2D eigenvalue weighted by Crippen LogP contribution is 2.07. The topological polar surface area (TPSA) is 49.3 Å². The molecule has 0 saturated carbocycles. The Morgan fingerprint density at radius 2 is 1.93 bits per heavy atom. The van der Waals surface area contributed by atoms with E-state index in [0.29, 0.717) is 18.3 Å². The Morgan fingerprint density at radius 3 is 2.43 bits per heavy atom. The lowest BCUT2D eigenvalue weighted by atomic mass is 9.98. The number of hydrogen-bond donors (Lipinski definition) is 2. The van der Waals surface area contributed by atoms with Crippen molar-refractivity contribution in [2.45, 2.75) is 40.0 Å². The van der Waals surface area contributed by atoms with Gasteiger partial charge in [-0.2, -0.15) is 0 Å². The highest BCUT2D eigenvalue weighted by Gasteiger charge is 2.05. The van der Waals surface area contributed by atoms with Crippen LogP contribution in [0.25, 0.3) is 0 Å². The minimum absolute atomic E-state index is 0.293. The Hall–Kier alpha value is -0.570. The Kier molecular flexibility index (Phi) is 7.48. The zero-order chi connectivity index (χ0) is 11.0. The molecule has 0 aliphatic carbocycles. The normalized spacial score (nSPS) is 13.1. The molecule has 2 N–H and O–H groups in total. The molecule has 1 unspecified atom stereocenters. The molecular weight excluding hydrogens is 178 g/mol. The van der Waals surface area contributed by atoms with E-state index in [2.05, 4.69) is 26.1 Å². The molecule has 0 spiro atoms. The molecule has 0 aromatic heterocycles. The quantitative estimate of drug-likeness (QED) is 0.591. The molecule has 0 radical (unpaired) electrons. The van der Waals surface area contributed by atoms with Gasteiger partial charge in [0.1, 0.15) is 0 Å². The van der Waals surface area contributed by atoms with Crippen LogP contribution < -0.4 is 5.32 Å². The Morgan fingerprint density at radius 1 is 1.29 bits per heavy atom. The molecule has 3 heteroatoms. The van der Waals surface area contributed by atoms with Crippen molar-refractivity contribution in [3.8, 4) is 0 Å². The Balaban J connectivity index is 3.17. The summed E-state index contributed by atoms with van der Waals surface area (Å²) in [6.45, 7) is 8.64. The predicted molar refractivity (Wildman–Crippen MR) is 58.4 cm³/mol. The molecule has 0 aromatic carbocycles. The lowest BCUT2D eigenvalue weighted by Crippen LogP contribution is -2.25. The van der Waals surface area contributed by atoms with Gasteiger partial charge in [-0.05, 0) is 37.8 Å². The summed E-state index contributed by atoms with van der Waals surface area (Å²) in [4.78, 5) is 10.2. The van der Waals surface area contributed by atoms with Crippen molar-refractivity contribution in [2.75, 3.05) is 13.1 Å². The highest BCUT2D eigenvalue weighted by molar-refractivity contribution is 5.66. The van der Waals surface area contributed by atoms with Crippen LogP contribution in [0.1, 0.15) is 40.0 Å². The van der Waals surface area contributed by atoms with Gasteiger partial charge >= 0.3 is 5.97 Å². The van der Waals surface area contributed by atoms with Gasteiger partial charge in [-0.1, -0.05) is 20.8 Å². The molecule has 14 heavy (non-hydrogen) atoms. The fraction of sp³-hybridized carbons (Fsp3) is 0.909. The van der Waals surface area contributed by atoms with Crippen LogP contribution in [0.15, 0.2) is 0 Å². The van der Waals surface area contributed by atoms with E-state index in [9.17, 15) is 4.79 Å². The first kappa shape index (κ1) is 13.4. The molecule has 0 saturated heterocycles. The van der Waals surface area contributed by atoms with Gasteiger partial charge in [0.2, 0.25) is 0 Å². The molecule has 0 amide bonds. The molecule has 0 aliphatic rings. The zero-order valence-corrected chi connectivity index (χ0v) is 9.55. The SMILES string of the molecule is CC(C)C(C)CNCCCCC(=O)O. The summed E-state index contributed by atoms with van der Waals surface area (Å²) in [5.41, 5.74) is 0. The maximum absolute atomic E-state index is 10.2. The summed E-state index contributed by atoms with van der Waals surface area (Å²) in [7, 11) is 0. The molecule has 0 aromatic rings. The summed E-state index contributed by atoms with van der Waals surface area (Å²) in [6, 6.07) is 0. The van der Waals surface area contributed by atoms with Crippen molar-refractivity contribution in [3.63, 3.8) is 0 Å². The smallest absolute Gasteiger partial charge is 0.303 e. The van der Waals surface area contributed by atoms with Gasteiger partial charge in [0.15, 0.2) is 0 Å². The van der Waals surface area contributed by atoms with Crippen LogP contribution in [0.2, 0.25) is 0 Å². The molecule has 84 valence electrons. The molecule has 0 fully saturated rings. The number of nitrogens with one attached hydrogen (secondary N) is 1. The van der Waals surface area contributed by atoms with Crippen molar-refractivity contribution < 1.29 is 9.90 Å². The minimum Gasteiger partial charge on any atom is -0.481 e. The van der Waals surface area contributed by atoms with Gasteiger partial charge in [0.05, 0.1) is 0 Å². The van der Waals surface area contributed by atoms with Crippen molar-refractivity contribution in [2.24, 2.45) is 11.8 Å². The predicted octanol–water partition coefficient (Wildman–Crippen LogP) is 2.12. The summed E-state index contributed by atoms with van der Waals surface area (Å²) < 4.78 is 0. The first-order chi connectivity index (χ1) is 6.54. The van der Waals surface area contributed by atoms with Gasteiger partial charge in [-0.15, -0.1) is 0 Å². The summed E-state index contributed by atoms with van der Waals surface area (Å²) >= 11 is 0. The first-order valence-electron chi connectivity index (χ1n) is 5.46. The summed E-state index contributed by atoms with van der Waals surface area (Å²) in [5, 5.41) is 11.8. The third-order valence-electron chi connectivity index (χ3n) is 2.60. The number of hydrogen-bond acceptors (Lipinski definition) is 2. The van der Waals surface area contributed by atoms with Gasteiger partial charge in [-0.3, -0.25) is 4.79 Å². The average Bonchev–Trinajstić information content (AvgIpc) is 2.09. The fourth-order valence-electron chi connectivity index (χ4n) is 1.09. The number of carboxylic acids is 1. The molecule has 0 aliphatic heterocycles. The second-order valence-corrected chi connectivity index (χ2v) is 4.28. The molecular formula is C11H23NO2. The number of carboxylic acid groups (broad SMARTS) is 1. The highest BCUT2D eigenvalue weighted by atomic mass is 16.4. The van der Waals surface area contributed by atoms with Crippen molar-refractivity contribution in [1.29, 1.82) is 0 Å². The largest absolute Gasteiger partial charge is 0.481 e. The first-order valence-corrected chi connectivity index (χ1v) is 5.46. The third-order valence-corrected chi connectivity index (χ3v) is 2.60. The minimum atomic E-state index is -0.694. The zero-order valence-electron chi connectivity index (χ0n) is 9.55. The summed E-state index contributed by atoms with van der Waals surface area (Å²) in [6.07, 6.45) is 2.02. The monoisotopic (exact) mass is 201 g/mol. The summed E-state index contributed by atoms with van der Waals surface area (Å²) in [5.74, 6) is 0.705. The number of carbonyl (C=O) groups is 1. The maximum Gasteiger partial charge on any atom is 0.303 e. The van der Waals surface area contributed by atoms with Crippen LogP contribution >= 0.6 is 0 Å². The average molecular weight is 201 g/mol. The van der Waals surface area contributed by atoms with E-state index in [1.165, 1.54) is 0 Å². The second kappa shape index (κ2) is 7.80. The van der Waals surface area contributed by atoms with Crippen molar-refractivity contribution in [3.05, 3.63) is 0 Å². The third kappa shape index (κ3) is 8.05. The Bertz CT molecular complexity index is 157. The molecule has 1 atom stereocenters. The van der Waals surface area contributed by atoms with E-state index in [4.69, 9.17) is 5.11 Å². The molecule has 0 heterocycles. The van der Waals surface area contributed by atoms with E-state index in [1.54, 1.807) is 0 Å². The Labute approximate surface area is 86.9 Å². The van der Waals surface area contributed by atoms with Crippen molar-refractivity contribution in [1.82, 2.24) is 5.32 Å². The van der Waals surface area contributed by atoms with E-state index < -0.39 is 5.97 Å². The van der Waals surface area contributed by atoms with Gasteiger partial charge in [0.25, 0.3) is 0 Å². The second-order valence-electron chi connectivity index (χ2n) is 4.28. The van der Waals surface area contributed by atoms with Crippen LogP contribution in [-0.4, -0.2) is 24.2 Å². The lowest BCUT2D eigenvalue weighted by molar-refractivity contribution is -0.137. The maximum atomic E-state index is 10.2. The number of aliphatic carboxylic acids is 1. The van der Waals surface area contributed by atoms with Crippen molar-refractivity contribution >= 4 is 5.97 Å². The van der Waals surface area contributed by atoms with Crippen LogP contribution in [0.4, 0.5) is 0 Å². The van der Waals surface area contributed by atoms with Crippen LogP contribution in [0.3, 0.4) is 0 Å². The van der Waals surface area contributed by atoms with E-state index >= 15 is 0 Å². The lowest BCUT2D eigenvalue weighted by Gasteiger charge is -2.15. The molecule has 3 nitrogen and oxygen atoms in total. The molecule has 0 bridgehead atoms. The standard InChI is InChI=1S/C11H23NO2/c1-9(2)10(3)8-12-7-5-4-6-11(13)14/h9-10,12H,4-8H2,1-3H3,(H,13,14). The van der Waals surface area contributed by atoms with Gasteiger partial charge in [0, 0.05) is 6.42 Å². The van der Waals surface area contributed by atoms with E-state index in [-0.39, 0.29) is 0 Å². The number of rotatable bonds is 8. The fourth-order valence-corrected chi connectivity index (χ4v) is 1.09.